The second-order valence-electron chi connectivity index (χ2n) is 5.67. The molecule has 0 atom stereocenters. The number of rotatable bonds is 6. The highest BCUT2D eigenvalue weighted by molar-refractivity contribution is 7.99. The van der Waals surface area contributed by atoms with Crippen LogP contribution in [0.5, 0.6) is 0 Å². The Bertz CT molecular complexity index is 844. The second-order valence-corrected chi connectivity index (χ2v) is 6.61. The average Bonchev–Trinajstić information content (AvgIpc) is 3.04. The number of nitrogens with one attached hydrogen (secondary N) is 1. The lowest BCUT2D eigenvalue weighted by Gasteiger charge is -2.08. The normalized spacial score (nSPS) is 10.6. The summed E-state index contributed by atoms with van der Waals surface area (Å²) in [5, 5.41) is 3.53. The van der Waals surface area contributed by atoms with E-state index in [0.29, 0.717) is 12.2 Å². The summed E-state index contributed by atoms with van der Waals surface area (Å²) in [6.45, 7) is 2.77. The van der Waals surface area contributed by atoms with Crippen molar-refractivity contribution in [2.75, 3.05) is 11.1 Å². The number of benzene rings is 2. The van der Waals surface area contributed by atoms with Gasteiger partial charge >= 0.3 is 0 Å². The maximum absolute atomic E-state index is 12.9. The van der Waals surface area contributed by atoms with Crippen LogP contribution in [-0.4, -0.2) is 21.2 Å². The molecule has 6 heteroatoms. The van der Waals surface area contributed by atoms with Crippen LogP contribution < -0.4 is 5.32 Å². The number of hydrogen-bond donors (Lipinski definition) is 1. The fourth-order valence-electron chi connectivity index (χ4n) is 2.31. The van der Waals surface area contributed by atoms with Crippen LogP contribution in [0.15, 0.2) is 66.1 Å². The van der Waals surface area contributed by atoms with Gasteiger partial charge in [0.05, 0.1) is 5.75 Å². The quantitative estimate of drug-likeness (QED) is 0.677. The van der Waals surface area contributed by atoms with E-state index in [1.165, 1.54) is 47.2 Å². The molecule has 0 saturated carbocycles. The average molecular weight is 355 g/mol. The predicted octanol–water partition coefficient (Wildman–Crippen LogP) is 4.11. The summed E-state index contributed by atoms with van der Waals surface area (Å²) < 4.78 is 14.9. The third-order valence-electron chi connectivity index (χ3n) is 3.61. The zero-order chi connectivity index (χ0) is 17.6. The molecular weight excluding hydrogens is 337 g/mol. The molecule has 0 unspecified atom stereocenters. The van der Waals surface area contributed by atoms with E-state index < -0.39 is 0 Å². The molecular formula is C19H18FN3OS. The monoisotopic (exact) mass is 355 g/mol. The van der Waals surface area contributed by atoms with E-state index in [2.05, 4.69) is 41.5 Å². The molecule has 128 valence electrons. The molecule has 4 nitrogen and oxygen atoms in total. The Morgan fingerprint density at radius 2 is 1.88 bits per heavy atom. The van der Waals surface area contributed by atoms with Gasteiger partial charge in [-0.3, -0.25) is 4.79 Å². The maximum atomic E-state index is 12.9. The van der Waals surface area contributed by atoms with Gasteiger partial charge in [0.25, 0.3) is 0 Å². The number of halogens is 1. The number of aromatic nitrogens is 2. The highest BCUT2D eigenvalue weighted by Gasteiger charge is 2.09. The summed E-state index contributed by atoms with van der Waals surface area (Å²) in [5.74, 6) is -0.241. The van der Waals surface area contributed by atoms with Crippen LogP contribution in [0.25, 0.3) is 0 Å². The van der Waals surface area contributed by atoms with Crippen LogP contribution in [0.1, 0.15) is 11.1 Å². The number of carbonyl (C=O) groups excluding carboxylic acids is 1. The van der Waals surface area contributed by atoms with Crippen molar-refractivity contribution in [2.24, 2.45) is 0 Å². The maximum Gasteiger partial charge on any atom is 0.234 e. The van der Waals surface area contributed by atoms with Crippen LogP contribution in [-0.2, 0) is 11.3 Å². The lowest BCUT2D eigenvalue weighted by Crippen LogP contribution is -2.14. The number of carbonyl (C=O) groups is 1. The molecule has 1 amide bonds. The minimum atomic E-state index is -0.328. The first-order valence-electron chi connectivity index (χ1n) is 7.85. The van der Waals surface area contributed by atoms with Gasteiger partial charge in [-0.05, 0) is 36.8 Å². The summed E-state index contributed by atoms with van der Waals surface area (Å²) in [7, 11) is 0. The van der Waals surface area contributed by atoms with E-state index in [9.17, 15) is 9.18 Å². The third-order valence-corrected chi connectivity index (χ3v) is 4.62. The molecule has 0 saturated heterocycles. The van der Waals surface area contributed by atoms with Crippen molar-refractivity contribution in [3.63, 3.8) is 0 Å². The molecule has 0 fully saturated rings. The topological polar surface area (TPSA) is 46.9 Å². The van der Waals surface area contributed by atoms with Crippen LogP contribution in [0.4, 0.5) is 10.1 Å². The van der Waals surface area contributed by atoms with Crippen molar-refractivity contribution in [2.45, 2.75) is 18.6 Å². The molecule has 3 rings (SSSR count). The number of nitrogens with zero attached hydrogens (tertiary/aromatic N) is 2. The minimum absolute atomic E-state index is 0.151. The standard InChI is InChI=1S/C19H18FN3OS/c1-14-2-4-15(5-3-14)12-23-11-10-21-19(23)25-13-18(24)22-17-8-6-16(20)7-9-17/h2-11H,12-13H2,1H3,(H,22,24). The predicted molar refractivity (Wildman–Crippen MR) is 98.3 cm³/mol. The van der Waals surface area contributed by atoms with Gasteiger partial charge in [-0.1, -0.05) is 41.6 Å². The highest BCUT2D eigenvalue weighted by Crippen LogP contribution is 2.18. The number of imidazole rings is 1. The summed E-state index contributed by atoms with van der Waals surface area (Å²) >= 11 is 1.37. The molecule has 0 radical (unpaired) electrons. The molecule has 1 aromatic heterocycles. The lowest BCUT2D eigenvalue weighted by atomic mass is 10.1. The summed E-state index contributed by atoms with van der Waals surface area (Å²) in [4.78, 5) is 16.4. The number of aryl methyl sites for hydroxylation is 1. The Morgan fingerprint density at radius 3 is 2.60 bits per heavy atom. The molecule has 0 bridgehead atoms. The first-order valence-corrected chi connectivity index (χ1v) is 8.83. The smallest absolute Gasteiger partial charge is 0.234 e. The molecule has 0 aliphatic heterocycles. The third kappa shape index (κ3) is 4.93. The highest BCUT2D eigenvalue weighted by atomic mass is 32.2. The first-order chi connectivity index (χ1) is 12.1. The van der Waals surface area contributed by atoms with E-state index in [1.807, 2.05) is 10.8 Å². The fraction of sp³-hybridized carbons (Fsp3) is 0.158. The van der Waals surface area contributed by atoms with Gasteiger partial charge in [0, 0.05) is 24.6 Å². The molecule has 1 heterocycles. The van der Waals surface area contributed by atoms with Gasteiger partial charge in [0.15, 0.2) is 5.16 Å². The first kappa shape index (κ1) is 17.2. The van der Waals surface area contributed by atoms with Crippen LogP contribution in [0.2, 0.25) is 0 Å². The largest absolute Gasteiger partial charge is 0.325 e. The van der Waals surface area contributed by atoms with Crippen LogP contribution in [0.3, 0.4) is 0 Å². The van der Waals surface area contributed by atoms with E-state index >= 15 is 0 Å². The van der Waals surface area contributed by atoms with Crippen molar-refractivity contribution < 1.29 is 9.18 Å². The molecule has 1 N–H and O–H groups in total. The van der Waals surface area contributed by atoms with E-state index in [4.69, 9.17) is 0 Å². The summed E-state index contributed by atoms with van der Waals surface area (Å²) in [6, 6.07) is 14.0. The van der Waals surface area contributed by atoms with Crippen molar-refractivity contribution in [1.29, 1.82) is 0 Å². The van der Waals surface area contributed by atoms with E-state index in [-0.39, 0.29) is 17.5 Å². The molecule has 0 aliphatic carbocycles. The molecule has 3 aromatic rings. The zero-order valence-corrected chi connectivity index (χ0v) is 14.6. The fourth-order valence-corrected chi connectivity index (χ4v) is 3.07. The SMILES string of the molecule is Cc1ccc(Cn2ccnc2SCC(=O)Nc2ccc(F)cc2)cc1. The Labute approximate surface area is 150 Å². The Morgan fingerprint density at radius 1 is 1.16 bits per heavy atom. The van der Waals surface area contributed by atoms with Gasteiger partial charge in [-0.2, -0.15) is 0 Å². The van der Waals surface area contributed by atoms with Gasteiger partial charge in [0.1, 0.15) is 5.82 Å². The van der Waals surface area contributed by atoms with Gasteiger partial charge in [-0.25, -0.2) is 9.37 Å². The molecule has 2 aromatic carbocycles. The number of hydrogen-bond acceptors (Lipinski definition) is 3. The van der Waals surface area contributed by atoms with Gasteiger partial charge in [-0.15, -0.1) is 0 Å². The zero-order valence-electron chi connectivity index (χ0n) is 13.8. The van der Waals surface area contributed by atoms with E-state index in [1.54, 1.807) is 6.20 Å². The van der Waals surface area contributed by atoms with Crippen LogP contribution in [0, 0.1) is 12.7 Å². The van der Waals surface area contributed by atoms with Crippen molar-refractivity contribution in [3.8, 4) is 0 Å². The molecule has 25 heavy (non-hydrogen) atoms. The van der Waals surface area contributed by atoms with Crippen molar-refractivity contribution >= 4 is 23.4 Å². The van der Waals surface area contributed by atoms with E-state index in [0.717, 1.165) is 5.16 Å². The van der Waals surface area contributed by atoms with Crippen LogP contribution >= 0.6 is 11.8 Å². The molecule has 0 aliphatic rings. The Hall–Kier alpha value is -2.60. The minimum Gasteiger partial charge on any atom is -0.325 e. The van der Waals surface area contributed by atoms with Gasteiger partial charge in [0.2, 0.25) is 5.91 Å². The number of thioether (sulfide) groups is 1. The lowest BCUT2D eigenvalue weighted by molar-refractivity contribution is -0.113. The summed E-state index contributed by atoms with van der Waals surface area (Å²) in [6.07, 6.45) is 3.63. The number of anilines is 1. The Balaban J connectivity index is 1.56. The number of amides is 1. The summed E-state index contributed by atoms with van der Waals surface area (Å²) in [5.41, 5.74) is 2.98. The van der Waals surface area contributed by atoms with Crippen molar-refractivity contribution in [1.82, 2.24) is 9.55 Å². The second kappa shape index (κ2) is 7.98. The molecule has 0 spiro atoms. The van der Waals surface area contributed by atoms with Crippen molar-refractivity contribution in [3.05, 3.63) is 77.9 Å². The Kier molecular flexibility index (Phi) is 5.50. The van der Waals surface area contributed by atoms with Gasteiger partial charge < -0.3 is 9.88 Å².